The molecule has 1 aliphatic rings. The number of nitrogens with one attached hydrogen (secondary N) is 1. The molecule has 0 radical (unpaired) electrons. The Morgan fingerprint density at radius 1 is 1.27 bits per heavy atom. The molecule has 0 aliphatic carbocycles. The third kappa shape index (κ3) is 4.35. The van der Waals surface area contributed by atoms with Crippen LogP contribution in [0.2, 0.25) is 0 Å². The van der Waals surface area contributed by atoms with Gasteiger partial charge in [0.1, 0.15) is 12.6 Å². The summed E-state index contributed by atoms with van der Waals surface area (Å²) in [4.78, 5) is 35.1. The van der Waals surface area contributed by atoms with Gasteiger partial charge in [-0.3, -0.25) is 20.0 Å². The predicted molar refractivity (Wildman–Crippen MR) is 106 cm³/mol. The maximum absolute atomic E-state index is 12.2. The molecule has 30 heavy (non-hydrogen) atoms. The fraction of sp³-hybridized carbons (Fsp3) is 0.368. The number of rotatable bonds is 6. The first-order valence-electron chi connectivity index (χ1n) is 9.58. The van der Waals surface area contributed by atoms with Gasteiger partial charge in [-0.25, -0.2) is 19.7 Å². The van der Waals surface area contributed by atoms with Gasteiger partial charge in [0.25, 0.3) is 5.69 Å². The summed E-state index contributed by atoms with van der Waals surface area (Å²) in [6.07, 6.45) is 5.62. The fourth-order valence-electron chi connectivity index (χ4n) is 3.28. The highest BCUT2D eigenvalue weighted by molar-refractivity contribution is 5.93. The second-order valence-electron chi connectivity index (χ2n) is 6.80. The number of aromatic nitrogens is 4. The van der Waals surface area contributed by atoms with Crippen LogP contribution in [0, 0.1) is 10.1 Å². The number of hydrogen-bond acceptors (Lipinski definition) is 8. The summed E-state index contributed by atoms with van der Waals surface area (Å²) < 4.78 is 12.8. The van der Waals surface area contributed by atoms with E-state index in [1.54, 1.807) is 18.5 Å². The molecule has 1 atom stereocenters. The Bertz CT molecular complexity index is 1050. The number of nitrogens with zero attached hydrogens (tertiary/aromatic N) is 5. The Morgan fingerprint density at radius 3 is 2.83 bits per heavy atom. The normalized spacial score (nSPS) is 16.3. The Hall–Kier alpha value is -3.60. The molecule has 1 saturated heterocycles. The third-order valence-electron chi connectivity index (χ3n) is 4.82. The van der Waals surface area contributed by atoms with E-state index >= 15 is 0 Å². The number of ether oxygens (including phenoxy) is 2. The van der Waals surface area contributed by atoms with Crippen molar-refractivity contribution in [3.63, 3.8) is 0 Å². The topological polar surface area (TPSA) is 134 Å². The average Bonchev–Trinajstić information content (AvgIpc) is 3.20. The van der Waals surface area contributed by atoms with E-state index in [0.717, 1.165) is 24.8 Å². The summed E-state index contributed by atoms with van der Waals surface area (Å²) in [5.74, 6) is 0.259. The molecular formula is C19H20N6O5. The van der Waals surface area contributed by atoms with Gasteiger partial charge in [0, 0.05) is 25.2 Å². The van der Waals surface area contributed by atoms with Gasteiger partial charge >= 0.3 is 6.09 Å². The molecule has 2 aromatic heterocycles. The minimum absolute atomic E-state index is 0.0169. The van der Waals surface area contributed by atoms with Gasteiger partial charge in [0.2, 0.25) is 0 Å². The lowest BCUT2D eigenvalue weighted by molar-refractivity contribution is -0.384. The molecule has 1 fully saturated rings. The lowest BCUT2D eigenvalue weighted by Crippen LogP contribution is -2.18. The number of benzene rings is 1. The first-order valence-corrected chi connectivity index (χ1v) is 9.58. The first kappa shape index (κ1) is 19.7. The maximum Gasteiger partial charge on any atom is 0.412 e. The minimum atomic E-state index is -0.666. The number of nitro groups is 1. The lowest BCUT2D eigenvalue weighted by Gasteiger charge is -2.23. The zero-order valence-corrected chi connectivity index (χ0v) is 16.1. The van der Waals surface area contributed by atoms with Crippen molar-refractivity contribution in [3.05, 3.63) is 52.6 Å². The van der Waals surface area contributed by atoms with E-state index in [0.29, 0.717) is 24.2 Å². The summed E-state index contributed by atoms with van der Waals surface area (Å²) in [6.45, 7) is 0.809. The molecule has 1 unspecified atom stereocenters. The number of anilines is 1. The molecule has 0 saturated carbocycles. The standard InChI is InChI=1S/C19H20N6O5/c26-19(30-10-8-13-4-6-14(7-5-13)25(27)28)23-17-16-18(21-11-20-17)24(12-22-16)15-3-1-2-9-29-15/h4-7,11-12,15H,1-3,8-10H2,(H,20,21,23,26). The number of nitro benzene ring substituents is 1. The lowest BCUT2D eigenvalue weighted by atomic mass is 10.1. The molecule has 4 rings (SSSR count). The minimum Gasteiger partial charge on any atom is -0.449 e. The van der Waals surface area contributed by atoms with Crippen molar-refractivity contribution in [3.8, 4) is 0 Å². The fourth-order valence-corrected chi connectivity index (χ4v) is 3.28. The molecular weight excluding hydrogens is 392 g/mol. The van der Waals surface area contributed by atoms with E-state index in [4.69, 9.17) is 9.47 Å². The second kappa shape index (κ2) is 8.82. The van der Waals surface area contributed by atoms with E-state index in [2.05, 4.69) is 20.3 Å². The van der Waals surface area contributed by atoms with Crippen LogP contribution in [0.5, 0.6) is 0 Å². The molecule has 1 amide bonds. The zero-order valence-electron chi connectivity index (χ0n) is 16.1. The highest BCUT2D eigenvalue weighted by atomic mass is 16.6. The van der Waals surface area contributed by atoms with Crippen molar-refractivity contribution in [2.45, 2.75) is 31.9 Å². The van der Waals surface area contributed by atoms with Gasteiger partial charge in [0.15, 0.2) is 17.0 Å². The Morgan fingerprint density at radius 2 is 2.10 bits per heavy atom. The number of fused-ring (bicyclic) bond motifs is 1. The van der Waals surface area contributed by atoms with Crippen LogP contribution in [0.4, 0.5) is 16.3 Å². The van der Waals surface area contributed by atoms with Crippen LogP contribution in [0.15, 0.2) is 36.9 Å². The van der Waals surface area contributed by atoms with Crippen LogP contribution >= 0.6 is 0 Å². The van der Waals surface area contributed by atoms with Crippen molar-refractivity contribution in [2.24, 2.45) is 0 Å². The Kier molecular flexibility index (Phi) is 5.80. The highest BCUT2D eigenvalue weighted by Crippen LogP contribution is 2.27. The molecule has 1 N–H and O–H groups in total. The number of hydrogen-bond donors (Lipinski definition) is 1. The van der Waals surface area contributed by atoms with E-state index < -0.39 is 11.0 Å². The summed E-state index contributed by atoms with van der Waals surface area (Å²) in [5, 5.41) is 13.3. The zero-order chi connectivity index (χ0) is 20.9. The van der Waals surface area contributed by atoms with Crippen LogP contribution in [-0.4, -0.2) is 43.7 Å². The SMILES string of the molecule is O=C(Nc1ncnc2c1ncn2C1CCCCO1)OCCc1ccc([N+](=O)[O-])cc1. The molecule has 11 nitrogen and oxygen atoms in total. The molecule has 3 aromatic rings. The Labute approximate surface area is 171 Å². The number of imidazole rings is 1. The Balaban J connectivity index is 1.36. The van der Waals surface area contributed by atoms with Gasteiger partial charge in [-0.1, -0.05) is 12.1 Å². The van der Waals surface area contributed by atoms with E-state index in [9.17, 15) is 14.9 Å². The molecule has 1 aliphatic heterocycles. The van der Waals surface area contributed by atoms with E-state index in [1.165, 1.54) is 18.5 Å². The van der Waals surface area contributed by atoms with Gasteiger partial charge in [-0.2, -0.15) is 0 Å². The van der Waals surface area contributed by atoms with Crippen LogP contribution in [0.3, 0.4) is 0 Å². The molecule has 3 heterocycles. The van der Waals surface area contributed by atoms with Crippen molar-refractivity contribution in [1.82, 2.24) is 19.5 Å². The maximum atomic E-state index is 12.2. The van der Waals surface area contributed by atoms with Gasteiger partial charge in [-0.05, 0) is 24.8 Å². The summed E-state index contributed by atoms with van der Waals surface area (Å²) in [6, 6.07) is 6.10. The van der Waals surface area contributed by atoms with Crippen LogP contribution in [-0.2, 0) is 15.9 Å². The van der Waals surface area contributed by atoms with Gasteiger partial charge in [0.05, 0.1) is 17.9 Å². The van der Waals surface area contributed by atoms with Gasteiger partial charge < -0.3 is 9.47 Å². The average molecular weight is 412 g/mol. The van der Waals surface area contributed by atoms with Crippen molar-refractivity contribution in [1.29, 1.82) is 0 Å². The first-order chi connectivity index (χ1) is 14.6. The molecule has 156 valence electrons. The van der Waals surface area contributed by atoms with E-state index in [-0.39, 0.29) is 24.3 Å². The number of carbonyl (C=O) groups excluding carboxylic acids is 1. The van der Waals surface area contributed by atoms with Gasteiger partial charge in [-0.15, -0.1) is 0 Å². The van der Waals surface area contributed by atoms with Crippen molar-refractivity contribution in [2.75, 3.05) is 18.5 Å². The quantitative estimate of drug-likeness (QED) is 0.482. The number of carbonyl (C=O) groups is 1. The highest BCUT2D eigenvalue weighted by Gasteiger charge is 2.20. The summed E-state index contributed by atoms with van der Waals surface area (Å²) >= 11 is 0. The summed E-state index contributed by atoms with van der Waals surface area (Å²) in [7, 11) is 0. The predicted octanol–water partition coefficient (Wildman–Crippen LogP) is 3.22. The largest absolute Gasteiger partial charge is 0.449 e. The molecule has 1 aromatic carbocycles. The number of non-ortho nitro benzene ring substituents is 1. The number of amides is 1. The summed E-state index contributed by atoms with van der Waals surface area (Å²) in [5.41, 5.74) is 1.88. The molecule has 0 bridgehead atoms. The second-order valence-corrected chi connectivity index (χ2v) is 6.80. The van der Waals surface area contributed by atoms with Crippen molar-refractivity contribution < 1.29 is 19.2 Å². The third-order valence-corrected chi connectivity index (χ3v) is 4.82. The van der Waals surface area contributed by atoms with Crippen LogP contribution in [0.25, 0.3) is 11.2 Å². The van der Waals surface area contributed by atoms with Crippen LogP contribution in [0.1, 0.15) is 31.1 Å². The smallest absolute Gasteiger partial charge is 0.412 e. The van der Waals surface area contributed by atoms with E-state index in [1.807, 2.05) is 4.57 Å². The van der Waals surface area contributed by atoms with Crippen molar-refractivity contribution >= 4 is 28.8 Å². The monoisotopic (exact) mass is 412 g/mol. The molecule has 11 heteroatoms. The van der Waals surface area contributed by atoms with Crippen LogP contribution < -0.4 is 5.32 Å². The molecule has 0 spiro atoms.